The summed E-state index contributed by atoms with van der Waals surface area (Å²) in [5.41, 5.74) is 2.26. The van der Waals surface area contributed by atoms with Gasteiger partial charge in [-0.3, -0.25) is 0 Å². The van der Waals surface area contributed by atoms with Gasteiger partial charge in [-0.2, -0.15) is 0 Å². The van der Waals surface area contributed by atoms with Gasteiger partial charge in [-0.05, 0) is 77.1 Å². The van der Waals surface area contributed by atoms with Crippen molar-refractivity contribution < 1.29 is 25.5 Å². The third-order valence-electron chi connectivity index (χ3n) is 8.57. The second-order valence-corrected chi connectivity index (χ2v) is 10.8. The molecule has 8 aromatic carbocycles. The molecule has 0 aromatic heterocycles. The van der Waals surface area contributed by atoms with Crippen molar-refractivity contribution in [3.8, 4) is 51.0 Å². The smallest absolute Gasteiger partial charge is 0.208 e. The number of phenolic OH excluding ortho intramolecular Hbond substituents is 5. The van der Waals surface area contributed by atoms with Gasteiger partial charge in [0.25, 0.3) is 0 Å². The summed E-state index contributed by atoms with van der Waals surface area (Å²) < 4.78 is 0. The van der Waals surface area contributed by atoms with Crippen LogP contribution in [0.4, 0.5) is 0 Å². The molecular formula is C38H24O5. The molecule has 0 aliphatic rings. The van der Waals surface area contributed by atoms with E-state index in [1.165, 1.54) is 10.8 Å². The zero-order valence-electron chi connectivity index (χ0n) is 22.7. The van der Waals surface area contributed by atoms with Gasteiger partial charge < -0.3 is 25.5 Å². The molecule has 0 saturated heterocycles. The van der Waals surface area contributed by atoms with Gasteiger partial charge in [-0.1, -0.05) is 103 Å². The van der Waals surface area contributed by atoms with Gasteiger partial charge >= 0.3 is 0 Å². The highest BCUT2D eigenvalue weighted by atomic mass is 16.4. The molecule has 0 saturated carbocycles. The number of fused-ring (bicyclic) bond motifs is 6. The average Bonchev–Trinajstić information content (AvgIpc) is 3.05. The Balaban J connectivity index is 1.53. The van der Waals surface area contributed by atoms with Crippen molar-refractivity contribution in [1.29, 1.82) is 0 Å². The van der Waals surface area contributed by atoms with Gasteiger partial charge in [0.05, 0.1) is 5.56 Å². The van der Waals surface area contributed by atoms with E-state index in [9.17, 15) is 25.5 Å². The SMILES string of the molecule is Oc1c(O)c(O)c(-c2c3ccccc3c(-c3cccc4c3ccc3cc5ccccc5cc34)c3ccccc23)c(O)c1O. The molecule has 0 bridgehead atoms. The molecule has 0 fully saturated rings. The second kappa shape index (κ2) is 9.03. The topological polar surface area (TPSA) is 101 Å². The van der Waals surface area contributed by atoms with Crippen LogP contribution in [-0.4, -0.2) is 25.5 Å². The highest BCUT2D eigenvalue weighted by Crippen LogP contribution is 2.58. The molecule has 0 unspecified atom stereocenters. The van der Waals surface area contributed by atoms with Crippen LogP contribution in [0.2, 0.25) is 0 Å². The zero-order valence-corrected chi connectivity index (χ0v) is 22.7. The third kappa shape index (κ3) is 3.45. The third-order valence-corrected chi connectivity index (χ3v) is 8.57. The molecule has 8 rings (SSSR count). The van der Waals surface area contributed by atoms with E-state index in [-0.39, 0.29) is 5.56 Å². The molecule has 0 heterocycles. The molecule has 5 N–H and O–H groups in total. The van der Waals surface area contributed by atoms with Crippen LogP contribution in [0.1, 0.15) is 0 Å². The molecule has 5 nitrogen and oxygen atoms in total. The quantitative estimate of drug-likeness (QED) is 0.0628. The minimum Gasteiger partial charge on any atom is -0.504 e. The van der Waals surface area contributed by atoms with Gasteiger partial charge in [-0.15, -0.1) is 0 Å². The Bertz CT molecular complexity index is 2370. The lowest BCUT2D eigenvalue weighted by Crippen LogP contribution is -1.93. The largest absolute Gasteiger partial charge is 0.504 e. The molecule has 0 atom stereocenters. The van der Waals surface area contributed by atoms with E-state index >= 15 is 0 Å². The van der Waals surface area contributed by atoms with E-state index in [1.54, 1.807) is 0 Å². The number of benzene rings is 8. The molecule has 8 aromatic rings. The molecular weight excluding hydrogens is 536 g/mol. The van der Waals surface area contributed by atoms with Gasteiger partial charge in [0, 0.05) is 5.56 Å². The summed E-state index contributed by atoms with van der Waals surface area (Å²) in [6, 6.07) is 38.8. The highest BCUT2D eigenvalue weighted by molar-refractivity contribution is 6.26. The first kappa shape index (κ1) is 24.8. The van der Waals surface area contributed by atoms with E-state index in [4.69, 9.17) is 0 Å². The first-order chi connectivity index (χ1) is 20.9. The highest BCUT2D eigenvalue weighted by Gasteiger charge is 2.28. The summed E-state index contributed by atoms with van der Waals surface area (Å²) >= 11 is 0. The van der Waals surface area contributed by atoms with E-state index in [0.717, 1.165) is 43.4 Å². The normalized spacial score (nSPS) is 11.7. The maximum absolute atomic E-state index is 11.0. The Morgan fingerprint density at radius 1 is 0.279 bits per heavy atom. The van der Waals surface area contributed by atoms with Gasteiger partial charge in [0.15, 0.2) is 11.5 Å². The number of aromatic hydroxyl groups is 5. The van der Waals surface area contributed by atoms with E-state index in [0.29, 0.717) is 16.3 Å². The fourth-order valence-electron chi connectivity index (χ4n) is 6.61. The Morgan fingerprint density at radius 3 is 1.37 bits per heavy atom. The molecule has 5 heteroatoms. The van der Waals surface area contributed by atoms with Crippen molar-refractivity contribution >= 4 is 53.9 Å². The molecule has 0 spiro atoms. The number of hydrogen-bond donors (Lipinski definition) is 5. The number of hydrogen-bond acceptors (Lipinski definition) is 5. The van der Waals surface area contributed by atoms with Crippen LogP contribution in [-0.2, 0) is 0 Å². The van der Waals surface area contributed by atoms with Crippen molar-refractivity contribution in [2.45, 2.75) is 0 Å². The Labute approximate surface area is 245 Å². The van der Waals surface area contributed by atoms with Crippen LogP contribution in [0.5, 0.6) is 28.7 Å². The van der Waals surface area contributed by atoms with Gasteiger partial charge in [0.2, 0.25) is 17.2 Å². The van der Waals surface area contributed by atoms with Crippen LogP contribution in [0.3, 0.4) is 0 Å². The van der Waals surface area contributed by atoms with Crippen LogP contribution < -0.4 is 0 Å². The maximum Gasteiger partial charge on any atom is 0.208 e. The molecule has 0 amide bonds. The summed E-state index contributed by atoms with van der Waals surface area (Å²) in [7, 11) is 0. The van der Waals surface area contributed by atoms with Crippen LogP contribution in [0, 0.1) is 0 Å². The molecule has 0 aliphatic carbocycles. The molecule has 43 heavy (non-hydrogen) atoms. The van der Waals surface area contributed by atoms with Crippen LogP contribution in [0.25, 0.3) is 76.1 Å². The lowest BCUT2D eigenvalue weighted by atomic mass is 9.83. The van der Waals surface area contributed by atoms with E-state index in [2.05, 4.69) is 54.6 Å². The first-order valence-electron chi connectivity index (χ1n) is 13.9. The van der Waals surface area contributed by atoms with Crippen molar-refractivity contribution in [1.82, 2.24) is 0 Å². The van der Waals surface area contributed by atoms with Crippen molar-refractivity contribution in [3.05, 3.63) is 115 Å². The minimum absolute atomic E-state index is 0.164. The van der Waals surface area contributed by atoms with Gasteiger partial charge in [0.1, 0.15) is 0 Å². The summed E-state index contributed by atoms with van der Waals surface area (Å²) in [6.07, 6.45) is 0. The van der Waals surface area contributed by atoms with Crippen LogP contribution >= 0.6 is 0 Å². The fraction of sp³-hybridized carbons (Fsp3) is 0. The Hall–Kier alpha value is -5.94. The Kier molecular flexibility index (Phi) is 5.21. The Morgan fingerprint density at radius 2 is 0.767 bits per heavy atom. The summed E-state index contributed by atoms with van der Waals surface area (Å²) in [4.78, 5) is 0. The van der Waals surface area contributed by atoms with Crippen molar-refractivity contribution in [3.63, 3.8) is 0 Å². The average molecular weight is 561 g/mol. The zero-order chi connectivity index (χ0) is 29.4. The van der Waals surface area contributed by atoms with Crippen molar-refractivity contribution in [2.24, 2.45) is 0 Å². The first-order valence-corrected chi connectivity index (χ1v) is 13.9. The standard InChI is InChI=1S/C38H24O5/c39-34-33(35(40)37(42)38(43)36(34)41)32-28-12-5-3-10-26(28)31(27-11-4-6-13-29(27)32)25-15-7-14-23-24(25)17-16-22-18-20-8-1-2-9-21(20)19-30(22)23/h1-19,39-43H. The lowest BCUT2D eigenvalue weighted by molar-refractivity contribution is 0.330. The van der Waals surface area contributed by atoms with E-state index < -0.39 is 28.7 Å². The van der Waals surface area contributed by atoms with Crippen molar-refractivity contribution in [2.75, 3.05) is 0 Å². The van der Waals surface area contributed by atoms with Crippen LogP contribution in [0.15, 0.2) is 115 Å². The fourth-order valence-corrected chi connectivity index (χ4v) is 6.61. The molecule has 0 aliphatic heterocycles. The number of rotatable bonds is 2. The maximum atomic E-state index is 11.0. The predicted octanol–water partition coefficient (Wildman–Crippen LogP) is 9.31. The monoisotopic (exact) mass is 560 g/mol. The van der Waals surface area contributed by atoms with Gasteiger partial charge in [-0.25, -0.2) is 0 Å². The summed E-state index contributed by atoms with van der Waals surface area (Å²) in [5, 5.41) is 62.9. The second-order valence-electron chi connectivity index (χ2n) is 10.8. The number of phenols is 5. The minimum atomic E-state index is -0.986. The molecule has 0 radical (unpaired) electrons. The van der Waals surface area contributed by atoms with E-state index in [1.807, 2.05) is 60.7 Å². The summed E-state index contributed by atoms with van der Waals surface area (Å²) in [5.74, 6) is -4.24. The predicted molar refractivity (Wildman–Crippen MR) is 173 cm³/mol. The summed E-state index contributed by atoms with van der Waals surface area (Å²) in [6.45, 7) is 0. The lowest BCUT2D eigenvalue weighted by Gasteiger charge is -2.20. The molecule has 206 valence electrons.